The fourth-order valence-corrected chi connectivity index (χ4v) is 3.60. The Hall–Kier alpha value is -1.56. The molecule has 0 fully saturated rings. The van der Waals surface area contributed by atoms with Crippen molar-refractivity contribution in [2.24, 2.45) is 5.92 Å². The van der Waals surface area contributed by atoms with Gasteiger partial charge in [0.2, 0.25) is 0 Å². The van der Waals surface area contributed by atoms with Gasteiger partial charge in [-0.1, -0.05) is 66.7 Å². The van der Waals surface area contributed by atoms with Crippen molar-refractivity contribution in [3.05, 3.63) is 70.9 Å². The van der Waals surface area contributed by atoms with E-state index in [4.69, 9.17) is 0 Å². The molecule has 3 aliphatic rings. The first-order chi connectivity index (χ1) is 10.4. The van der Waals surface area contributed by atoms with E-state index in [1.54, 1.807) is 22.3 Å². The van der Waals surface area contributed by atoms with Crippen molar-refractivity contribution < 1.29 is 0 Å². The van der Waals surface area contributed by atoms with Crippen molar-refractivity contribution in [1.29, 1.82) is 0 Å². The molecule has 0 heterocycles. The van der Waals surface area contributed by atoms with Crippen LogP contribution >= 0.6 is 0 Å². The van der Waals surface area contributed by atoms with Gasteiger partial charge in [-0.25, -0.2) is 0 Å². The van der Waals surface area contributed by atoms with E-state index in [1.807, 2.05) is 0 Å². The molecule has 3 aliphatic carbocycles. The van der Waals surface area contributed by atoms with E-state index in [9.17, 15) is 0 Å². The Morgan fingerprint density at radius 2 is 2.19 bits per heavy atom. The van der Waals surface area contributed by atoms with Crippen molar-refractivity contribution in [2.45, 2.75) is 51.9 Å². The standard InChI is InChI=1S/C21H26/c1-2-7-18(13-12-17-8-4-3-5-9-17)16-20-15-14-19-10-6-11-21(19)20/h3-8,11,16-17H,2,9-10,12-15H2,1H3/b18-7-,20-16+/t17-/m1/s1. The lowest BCUT2D eigenvalue weighted by molar-refractivity contribution is 0.595. The van der Waals surface area contributed by atoms with E-state index in [0.717, 1.165) is 12.3 Å². The number of rotatable bonds is 5. The zero-order valence-electron chi connectivity index (χ0n) is 13.1. The molecule has 21 heavy (non-hydrogen) atoms. The highest BCUT2D eigenvalue weighted by molar-refractivity contribution is 5.54. The van der Waals surface area contributed by atoms with Crippen LogP contribution in [-0.4, -0.2) is 0 Å². The van der Waals surface area contributed by atoms with Gasteiger partial charge in [0, 0.05) is 0 Å². The summed E-state index contributed by atoms with van der Waals surface area (Å²) in [7, 11) is 0. The number of hydrogen-bond acceptors (Lipinski definition) is 0. The van der Waals surface area contributed by atoms with E-state index in [0.29, 0.717) is 0 Å². The van der Waals surface area contributed by atoms with Gasteiger partial charge in [0.15, 0.2) is 0 Å². The molecule has 0 nitrogen and oxygen atoms in total. The SMILES string of the molecule is CC/C=C(\C=C1/CCC2=C1C=CC2)CC[C@@H]1C=CC=CC1. The molecular weight excluding hydrogens is 252 g/mol. The summed E-state index contributed by atoms with van der Waals surface area (Å²) in [5.74, 6) is 0.735. The van der Waals surface area contributed by atoms with Gasteiger partial charge >= 0.3 is 0 Å². The van der Waals surface area contributed by atoms with Crippen molar-refractivity contribution >= 4 is 0 Å². The molecule has 0 saturated heterocycles. The molecule has 0 saturated carbocycles. The molecule has 0 aromatic carbocycles. The normalized spacial score (nSPS) is 26.2. The van der Waals surface area contributed by atoms with Gasteiger partial charge < -0.3 is 0 Å². The van der Waals surface area contributed by atoms with Gasteiger partial charge in [-0.3, -0.25) is 0 Å². The van der Waals surface area contributed by atoms with Crippen LogP contribution in [0.15, 0.2) is 70.9 Å². The minimum absolute atomic E-state index is 0.735. The molecule has 0 aromatic heterocycles. The highest BCUT2D eigenvalue weighted by Crippen LogP contribution is 2.39. The van der Waals surface area contributed by atoms with Crippen molar-refractivity contribution in [3.8, 4) is 0 Å². The second-order valence-corrected chi connectivity index (χ2v) is 6.33. The fourth-order valence-electron chi connectivity index (χ4n) is 3.60. The second kappa shape index (κ2) is 6.93. The largest absolute Gasteiger partial charge is 0.0840 e. The Kier molecular flexibility index (Phi) is 4.75. The quantitative estimate of drug-likeness (QED) is 0.560. The van der Waals surface area contributed by atoms with Crippen LogP contribution in [0.1, 0.15) is 51.9 Å². The minimum Gasteiger partial charge on any atom is -0.0840 e. The van der Waals surface area contributed by atoms with Crippen LogP contribution in [0.25, 0.3) is 0 Å². The zero-order chi connectivity index (χ0) is 14.5. The zero-order valence-corrected chi connectivity index (χ0v) is 13.1. The van der Waals surface area contributed by atoms with Gasteiger partial charge in [-0.05, 0) is 62.0 Å². The summed E-state index contributed by atoms with van der Waals surface area (Å²) in [4.78, 5) is 0. The molecule has 0 radical (unpaired) electrons. The van der Waals surface area contributed by atoms with E-state index >= 15 is 0 Å². The third-order valence-corrected chi connectivity index (χ3v) is 4.77. The average Bonchev–Trinajstić information content (AvgIpc) is 3.11. The lowest BCUT2D eigenvalue weighted by Crippen LogP contribution is -1.98. The molecule has 0 bridgehead atoms. The summed E-state index contributed by atoms with van der Waals surface area (Å²) in [6, 6.07) is 0. The molecule has 0 spiro atoms. The molecule has 0 aliphatic heterocycles. The highest BCUT2D eigenvalue weighted by Gasteiger charge is 2.20. The summed E-state index contributed by atoms with van der Waals surface area (Å²) >= 11 is 0. The summed E-state index contributed by atoms with van der Waals surface area (Å²) < 4.78 is 0. The highest BCUT2D eigenvalue weighted by atomic mass is 14.2. The van der Waals surface area contributed by atoms with Gasteiger partial charge in [0.25, 0.3) is 0 Å². The Bertz CT molecular complexity index is 561. The first-order valence-electron chi connectivity index (χ1n) is 8.48. The van der Waals surface area contributed by atoms with Crippen LogP contribution in [0.2, 0.25) is 0 Å². The maximum absolute atomic E-state index is 2.49. The van der Waals surface area contributed by atoms with Crippen LogP contribution in [0.5, 0.6) is 0 Å². The third kappa shape index (κ3) is 3.56. The monoisotopic (exact) mass is 278 g/mol. The van der Waals surface area contributed by atoms with Crippen molar-refractivity contribution in [1.82, 2.24) is 0 Å². The summed E-state index contributed by atoms with van der Waals surface area (Å²) in [6.45, 7) is 2.25. The fraction of sp³-hybridized carbons (Fsp3) is 0.429. The van der Waals surface area contributed by atoms with E-state index in [1.165, 1.54) is 38.5 Å². The molecule has 0 N–H and O–H groups in total. The molecular formula is C21H26. The lowest BCUT2D eigenvalue weighted by atomic mass is 9.92. The number of allylic oxidation sites excluding steroid dienone is 12. The Balaban J connectivity index is 1.65. The smallest absolute Gasteiger partial charge is 0.0126 e. The van der Waals surface area contributed by atoms with E-state index in [2.05, 4.69) is 55.5 Å². The lowest BCUT2D eigenvalue weighted by Gasteiger charge is -2.13. The molecule has 3 rings (SSSR count). The van der Waals surface area contributed by atoms with Crippen LogP contribution < -0.4 is 0 Å². The van der Waals surface area contributed by atoms with Gasteiger partial charge in [-0.15, -0.1) is 0 Å². The summed E-state index contributed by atoms with van der Waals surface area (Å²) in [5.41, 5.74) is 6.34. The maximum Gasteiger partial charge on any atom is -0.0126 e. The Labute approximate surface area is 129 Å². The predicted molar refractivity (Wildman–Crippen MR) is 92.1 cm³/mol. The van der Waals surface area contributed by atoms with Gasteiger partial charge in [0.1, 0.15) is 0 Å². The first-order valence-corrected chi connectivity index (χ1v) is 8.48. The second-order valence-electron chi connectivity index (χ2n) is 6.33. The van der Waals surface area contributed by atoms with Crippen LogP contribution in [0.3, 0.4) is 0 Å². The minimum atomic E-state index is 0.735. The molecule has 0 aromatic rings. The van der Waals surface area contributed by atoms with E-state index in [-0.39, 0.29) is 0 Å². The number of hydrogen-bond donors (Lipinski definition) is 0. The topological polar surface area (TPSA) is 0 Å². The first kappa shape index (κ1) is 14.4. The Morgan fingerprint density at radius 3 is 3.00 bits per heavy atom. The summed E-state index contributed by atoms with van der Waals surface area (Å²) in [6.07, 6.45) is 27.2. The van der Waals surface area contributed by atoms with E-state index < -0.39 is 0 Å². The molecule has 1 atom stereocenters. The van der Waals surface area contributed by atoms with Crippen molar-refractivity contribution in [3.63, 3.8) is 0 Å². The molecule has 0 heteroatoms. The third-order valence-electron chi connectivity index (χ3n) is 4.77. The van der Waals surface area contributed by atoms with Gasteiger partial charge in [0.05, 0.1) is 0 Å². The Morgan fingerprint density at radius 1 is 1.24 bits per heavy atom. The van der Waals surface area contributed by atoms with Gasteiger partial charge in [-0.2, -0.15) is 0 Å². The molecule has 110 valence electrons. The van der Waals surface area contributed by atoms with Crippen molar-refractivity contribution in [2.75, 3.05) is 0 Å². The maximum atomic E-state index is 2.49. The van der Waals surface area contributed by atoms with Crippen LogP contribution in [0.4, 0.5) is 0 Å². The molecule has 0 unspecified atom stereocenters. The average molecular weight is 278 g/mol. The molecule has 0 amide bonds. The van der Waals surface area contributed by atoms with Crippen LogP contribution in [0, 0.1) is 5.92 Å². The van der Waals surface area contributed by atoms with Crippen LogP contribution in [-0.2, 0) is 0 Å². The summed E-state index contributed by atoms with van der Waals surface area (Å²) in [5, 5.41) is 0. The predicted octanol–water partition coefficient (Wildman–Crippen LogP) is 6.21.